The van der Waals surface area contributed by atoms with Gasteiger partial charge in [-0.25, -0.2) is 0 Å². The van der Waals surface area contributed by atoms with E-state index in [0.717, 1.165) is 12.0 Å². The Morgan fingerprint density at radius 2 is 2.14 bits per heavy atom. The van der Waals surface area contributed by atoms with Crippen LogP contribution in [0.3, 0.4) is 0 Å². The Kier molecular flexibility index (Phi) is 3.98. The summed E-state index contributed by atoms with van der Waals surface area (Å²) in [6.07, 6.45) is 0.472. The van der Waals surface area contributed by atoms with Crippen LogP contribution >= 0.6 is 0 Å². The van der Waals surface area contributed by atoms with Crippen molar-refractivity contribution in [3.63, 3.8) is 0 Å². The highest BCUT2D eigenvalue weighted by Gasteiger charge is 2.40. The first kappa shape index (κ1) is 11.6. The topological polar surface area (TPSA) is 26.0 Å². The van der Waals surface area contributed by atoms with Gasteiger partial charge in [-0.3, -0.25) is 0 Å². The molecule has 1 rings (SSSR count). The maximum absolute atomic E-state index is 12.4. The summed E-state index contributed by atoms with van der Waals surface area (Å²) in [4.78, 5) is 0. The molecule has 1 unspecified atom stereocenters. The summed E-state index contributed by atoms with van der Waals surface area (Å²) in [5.74, 6) is -1.12. The predicted molar refractivity (Wildman–Crippen MR) is 49.8 cm³/mol. The number of rotatable bonds is 2. The van der Waals surface area contributed by atoms with Gasteiger partial charge in [0.25, 0.3) is 0 Å². The van der Waals surface area contributed by atoms with E-state index in [1.54, 1.807) is 0 Å². The summed E-state index contributed by atoms with van der Waals surface area (Å²) in [5.41, 5.74) is 6.23. The van der Waals surface area contributed by atoms with Crippen molar-refractivity contribution in [3.05, 3.63) is 11.6 Å². The molecule has 1 saturated carbocycles. The Balaban J connectivity index is 2.52. The molecule has 2 N–H and O–H groups in total. The van der Waals surface area contributed by atoms with Crippen molar-refractivity contribution in [2.45, 2.75) is 38.3 Å². The first-order valence-electron chi connectivity index (χ1n) is 4.98. The van der Waals surface area contributed by atoms with Gasteiger partial charge in [0, 0.05) is 0 Å². The van der Waals surface area contributed by atoms with Crippen molar-refractivity contribution in [3.8, 4) is 0 Å². The molecule has 0 saturated heterocycles. The van der Waals surface area contributed by atoms with Crippen molar-refractivity contribution in [2.24, 2.45) is 11.7 Å². The van der Waals surface area contributed by atoms with Gasteiger partial charge in [0.05, 0.1) is 5.92 Å². The lowest BCUT2D eigenvalue weighted by atomic mass is 9.84. The van der Waals surface area contributed by atoms with Crippen molar-refractivity contribution in [1.82, 2.24) is 0 Å². The Labute approximate surface area is 82.2 Å². The Morgan fingerprint density at radius 1 is 1.43 bits per heavy atom. The highest BCUT2D eigenvalue weighted by molar-refractivity contribution is 5.06. The van der Waals surface area contributed by atoms with Crippen LogP contribution in [0, 0.1) is 5.92 Å². The molecular formula is C10H16F3N. The van der Waals surface area contributed by atoms with E-state index in [1.165, 1.54) is 0 Å². The monoisotopic (exact) mass is 207 g/mol. The third-order valence-electron chi connectivity index (χ3n) is 2.62. The van der Waals surface area contributed by atoms with Crippen LogP contribution in [-0.4, -0.2) is 12.7 Å². The SMILES string of the molecule is NCC/C=C1/CCCC(C(F)(F)F)C1. The van der Waals surface area contributed by atoms with Gasteiger partial charge >= 0.3 is 6.18 Å². The van der Waals surface area contributed by atoms with E-state index in [-0.39, 0.29) is 12.8 Å². The highest BCUT2D eigenvalue weighted by atomic mass is 19.4. The molecule has 4 heteroatoms. The van der Waals surface area contributed by atoms with Crippen LogP contribution in [0.15, 0.2) is 11.6 Å². The molecule has 82 valence electrons. The van der Waals surface area contributed by atoms with Crippen molar-refractivity contribution < 1.29 is 13.2 Å². The minimum atomic E-state index is -4.03. The molecule has 0 bridgehead atoms. The lowest BCUT2D eigenvalue weighted by Crippen LogP contribution is -2.25. The molecule has 0 aromatic heterocycles. The number of alkyl halides is 3. The number of nitrogens with two attached hydrogens (primary N) is 1. The third-order valence-corrected chi connectivity index (χ3v) is 2.62. The van der Waals surface area contributed by atoms with Gasteiger partial charge < -0.3 is 5.73 Å². The van der Waals surface area contributed by atoms with Gasteiger partial charge in [-0.1, -0.05) is 11.6 Å². The molecule has 1 aliphatic carbocycles. The summed E-state index contributed by atoms with van der Waals surface area (Å²) in [6.45, 7) is 0.514. The fourth-order valence-electron chi connectivity index (χ4n) is 1.85. The smallest absolute Gasteiger partial charge is 0.330 e. The summed E-state index contributed by atoms with van der Waals surface area (Å²) in [5, 5.41) is 0. The van der Waals surface area contributed by atoms with E-state index < -0.39 is 12.1 Å². The molecule has 0 aromatic rings. The van der Waals surface area contributed by atoms with Crippen LogP contribution in [0.25, 0.3) is 0 Å². The van der Waals surface area contributed by atoms with E-state index >= 15 is 0 Å². The average Bonchev–Trinajstić information content (AvgIpc) is 2.14. The zero-order valence-electron chi connectivity index (χ0n) is 8.11. The molecule has 0 radical (unpaired) electrons. The molecule has 14 heavy (non-hydrogen) atoms. The summed E-state index contributed by atoms with van der Waals surface area (Å²) >= 11 is 0. The maximum Gasteiger partial charge on any atom is 0.392 e. The minimum absolute atomic E-state index is 0.184. The molecule has 0 spiro atoms. The lowest BCUT2D eigenvalue weighted by molar-refractivity contribution is -0.178. The van der Waals surface area contributed by atoms with Crippen LogP contribution in [0.4, 0.5) is 13.2 Å². The highest BCUT2D eigenvalue weighted by Crippen LogP contribution is 2.39. The van der Waals surface area contributed by atoms with Gasteiger partial charge in [-0.2, -0.15) is 13.2 Å². The van der Waals surface area contributed by atoms with Crippen LogP contribution < -0.4 is 5.73 Å². The summed E-state index contributed by atoms with van der Waals surface area (Å²) in [7, 11) is 0. The molecule has 1 atom stereocenters. The molecule has 0 aromatic carbocycles. The van der Waals surface area contributed by atoms with Gasteiger partial charge in [-0.15, -0.1) is 0 Å². The quantitative estimate of drug-likeness (QED) is 0.692. The molecule has 1 nitrogen and oxygen atoms in total. The van der Waals surface area contributed by atoms with Crippen LogP contribution in [0.5, 0.6) is 0 Å². The fraction of sp³-hybridized carbons (Fsp3) is 0.800. The Morgan fingerprint density at radius 3 is 2.71 bits per heavy atom. The van der Waals surface area contributed by atoms with Crippen molar-refractivity contribution >= 4 is 0 Å². The Hall–Kier alpha value is -0.510. The first-order valence-corrected chi connectivity index (χ1v) is 4.98. The molecule has 0 heterocycles. The molecule has 1 fully saturated rings. The third kappa shape index (κ3) is 3.33. The number of hydrogen-bond acceptors (Lipinski definition) is 1. The van der Waals surface area contributed by atoms with Crippen LogP contribution in [-0.2, 0) is 0 Å². The van der Waals surface area contributed by atoms with E-state index in [2.05, 4.69) is 0 Å². The summed E-state index contributed by atoms with van der Waals surface area (Å²) < 4.78 is 37.2. The standard InChI is InChI=1S/C10H16F3N/c11-10(12,13)9-5-1-3-8(7-9)4-2-6-14/h4,9H,1-3,5-7,14H2/b8-4-. The zero-order chi connectivity index (χ0) is 10.6. The number of allylic oxidation sites excluding steroid dienone is 1. The second-order valence-corrected chi connectivity index (χ2v) is 3.77. The Bertz CT molecular complexity index is 208. The largest absolute Gasteiger partial charge is 0.392 e. The van der Waals surface area contributed by atoms with E-state index in [1.807, 2.05) is 6.08 Å². The average molecular weight is 207 g/mol. The number of halogens is 3. The molecule has 1 aliphatic rings. The van der Waals surface area contributed by atoms with E-state index in [0.29, 0.717) is 19.4 Å². The predicted octanol–water partition coefficient (Wildman–Crippen LogP) is 3.01. The van der Waals surface area contributed by atoms with E-state index in [4.69, 9.17) is 5.73 Å². The van der Waals surface area contributed by atoms with E-state index in [9.17, 15) is 13.2 Å². The molecular weight excluding hydrogens is 191 g/mol. The number of hydrogen-bond donors (Lipinski definition) is 1. The van der Waals surface area contributed by atoms with Gasteiger partial charge in [0.15, 0.2) is 0 Å². The van der Waals surface area contributed by atoms with Crippen molar-refractivity contribution in [1.29, 1.82) is 0 Å². The van der Waals surface area contributed by atoms with Gasteiger partial charge in [0.1, 0.15) is 0 Å². The first-order chi connectivity index (χ1) is 6.54. The molecule has 0 aliphatic heterocycles. The van der Waals surface area contributed by atoms with Crippen LogP contribution in [0.2, 0.25) is 0 Å². The minimum Gasteiger partial charge on any atom is -0.330 e. The normalized spacial score (nSPS) is 26.9. The van der Waals surface area contributed by atoms with Crippen molar-refractivity contribution in [2.75, 3.05) is 6.54 Å². The summed E-state index contributed by atoms with van der Waals surface area (Å²) in [6, 6.07) is 0. The molecule has 0 amide bonds. The lowest BCUT2D eigenvalue weighted by Gasteiger charge is -2.26. The van der Waals surface area contributed by atoms with Crippen LogP contribution in [0.1, 0.15) is 32.1 Å². The second kappa shape index (κ2) is 4.82. The fourth-order valence-corrected chi connectivity index (χ4v) is 1.85. The maximum atomic E-state index is 12.4. The zero-order valence-corrected chi connectivity index (χ0v) is 8.11. The van der Waals surface area contributed by atoms with Gasteiger partial charge in [0.2, 0.25) is 0 Å². The van der Waals surface area contributed by atoms with Gasteiger partial charge in [-0.05, 0) is 38.6 Å². The second-order valence-electron chi connectivity index (χ2n) is 3.77.